The van der Waals surface area contributed by atoms with Crippen LogP contribution < -0.4 is 10.6 Å². The lowest BCUT2D eigenvalue weighted by atomic mass is 10.0. The Kier molecular flexibility index (Phi) is 6.73. The number of nitrogens with one attached hydrogen (secondary N) is 2. The minimum Gasteiger partial charge on any atom is -0.360 e. The van der Waals surface area contributed by atoms with Crippen LogP contribution in [0.1, 0.15) is 17.4 Å². The minimum atomic E-state index is -0.697. The molecule has 0 aliphatic rings. The first kappa shape index (κ1) is 20.7. The molecule has 3 aromatic rings. The Hall–Kier alpha value is -3.04. The van der Waals surface area contributed by atoms with Gasteiger partial charge in [0.25, 0.3) is 0 Å². The number of amides is 2. The molecule has 8 nitrogen and oxygen atoms in total. The van der Waals surface area contributed by atoms with Gasteiger partial charge in [-0.1, -0.05) is 35.5 Å². The summed E-state index contributed by atoms with van der Waals surface area (Å²) in [7, 11) is 1.71. The third-order valence-electron chi connectivity index (χ3n) is 4.07. The number of hydrogen-bond donors (Lipinski definition) is 2. The Labute approximate surface area is 176 Å². The molecule has 0 radical (unpaired) electrons. The van der Waals surface area contributed by atoms with Crippen LogP contribution in [-0.2, 0) is 9.59 Å². The lowest BCUT2D eigenvalue weighted by molar-refractivity contribution is -0.123. The van der Waals surface area contributed by atoms with E-state index in [2.05, 4.69) is 36.7 Å². The summed E-state index contributed by atoms with van der Waals surface area (Å²) in [6.07, 6.45) is 1.60. The number of carbonyl (C=O) groups excluding carboxylic acids is 2. The average molecular weight is 458 g/mol. The van der Waals surface area contributed by atoms with E-state index in [1.54, 1.807) is 43.3 Å². The van der Waals surface area contributed by atoms with Crippen molar-refractivity contribution in [3.05, 3.63) is 70.5 Å². The number of benzene rings is 1. The van der Waals surface area contributed by atoms with Gasteiger partial charge < -0.3 is 15.2 Å². The van der Waals surface area contributed by atoms with Crippen LogP contribution in [0.2, 0.25) is 0 Å². The van der Waals surface area contributed by atoms with E-state index in [0.29, 0.717) is 17.4 Å². The highest BCUT2D eigenvalue weighted by molar-refractivity contribution is 9.10. The molecule has 0 saturated carbocycles. The van der Waals surface area contributed by atoms with E-state index in [9.17, 15) is 9.59 Å². The van der Waals surface area contributed by atoms with Crippen molar-refractivity contribution in [1.82, 2.24) is 15.0 Å². The third kappa shape index (κ3) is 5.72. The number of aromatic nitrogens is 2. The fraction of sp³-hybridized carbons (Fsp3) is 0.200. The molecule has 0 aliphatic carbocycles. The number of nitrogens with zero attached hydrogens (tertiary/aromatic N) is 3. The first-order chi connectivity index (χ1) is 13.9. The largest absolute Gasteiger partial charge is 0.360 e. The Morgan fingerprint density at radius 2 is 1.90 bits per heavy atom. The molecule has 0 fully saturated rings. The van der Waals surface area contributed by atoms with Crippen LogP contribution >= 0.6 is 15.9 Å². The van der Waals surface area contributed by atoms with Crippen molar-refractivity contribution >= 4 is 39.4 Å². The summed E-state index contributed by atoms with van der Waals surface area (Å²) in [6.45, 7) is 1.73. The first-order valence-corrected chi connectivity index (χ1v) is 9.62. The Morgan fingerprint density at radius 1 is 1.14 bits per heavy atom. The molecule has 0 aliphatic heterocycles. The second-order valence-corrected chi connectivity index (χ2v) is 7.37. The molecule has 2 N–H and O–H groups in total. The van der Waals surface area contributed by atoms with Gasteiger partial charge in [0.1, 0.15) is 17.6 Å². The number of pyridine rings is 1. The number of rotatable bonds is 7. The van der Waals surface area contributed by atoms with Crippen molar-refractivity contribution in [2.75, 3.05) is 24.2 Å². The van der Waals surface area contributed by atoms with Crippen LogP contribution in [0.3, 0.4) is 0 Å². The maximum absolute atomic E-state index is 13.0. The molecule has 29 heavy (non-hydrogen) atoms. The molecule has 2 aromatic heterocycles. The number of halogens is 1. The van der Waals surface area contributed by atoms with Gasteiger partial charge in [0, 0.05) is 16.7 Å². The maximum Gasteiger partial charge on any atom is 0.247 e. The molecule has 1 aromatic carbocycles. The zero-order valence-electron chi connectivity index (χ0n) is 15.9. The van der Waals surface area contributed by atoms with E-state index in [1.807, 2.05) is 30.3 Å². The predicted octanol–water partition coefficient (Wildman–Crippen LogP) is 3.39. The highest BCUT2D eigenvalue weighted by Crippen LogP contribution is 2.22. The van der Waals surface area contributed by atoms with E-state index in [1.165, 1.54) is 0 Å². The van der Waals surface area contributed by atoms with Crippen molar-refractivity contribution in [1.29, 1.82) is 0 Å². The van der Waals surface area contributed by atoms with Crippen molar-refractivity contribution in [3.8, 4) is 0 Å². The number of likely N-dealkylation sites (N-methyl/N-ethyl adjacent to an activating group) is 1. The SMILES string of the molecule is Cc1cc(NC(=O)C(c2ccccc2)N(C)CC(=O)Nc2ccc(Br)cn2)no1. The van der Waals surface area contributed by atoms with Crippen LogP contribution in [0.15, 0.2) is 63.7 Å². The molecule has 0 saturated heterocycles. The van der Waals surface area contributed by atoms with Gasteiger partial charge in [-0.25, -0.2) is 4.98 Å². The second-order valence-electron chi connectivity index (χ2n) is 6.45. The number of aryl methyl sites for hydroxylation is 1. The monoisotopic (exact) mass is 457 g/mol. The molecule has 0 spiro atoms. The van der Waals surface area contributed by atoms with Gasteiger partial charge in [0.2, 0.25) is 11.8 Å². The summed E-state index contributed by atoms with van der Waals surface area (Å²) in [5.41, 5.74) is 0.752. The van der Waals surface area contributed by atoms with Gasteiger partial charge in [0.05, 0.1) is 6.54 Å². The average Bonchev–Trinajstić information content (AvgIpc) is 3.09. The molecule has 0 bridgehead atoms. The standard InChI is InChI=1S/C20H20BrN5O3/c1-13-10-17(25-29-13)24-20(28)19(14-6-4-3-5-7-14)26(2)12-18(27)23-16-9-8-15(21)11-22-16/h3-11,19H,12H2,1-2H3,(H,22,23,27)(H,24,25,28). The Balaban J connectivity index is 1.73. The van der Waals surface area contributed by atoms with Gasteiger partial charge in [-0.15, -0.1) is 0 Å². The van der Waals surface area contributed by atoms with Crippen LogP contribution in [-0.4, -0.2) is 40.4 Å². The van der Waals surface area contributed by atoms with E-state index in [-0.39, 0.29) is 18.4 Å². The fourth-order valence-corrected chi connectivity index (χ4v) is 3.05. The van der Waals surface area contributed by atoms with E-state index in [0.717, 1.165) is 10.0 Å². The van der Waals surface area contributed by atoms with Crippen LogP contribution in [0, 0.1) is 6.92 Å². The zero-order chi connectivity index (χ0) is 20.8. The first-order valence-electron chi connectivity index (χ1n) is 8.83. The predicted molar refractivity (Wildman–Crippen MR) is 112 cm³/mol. The normalized spacial score (nSPS) is 11.9. The van der Waals surface area contributed by atoms with Gasteiger partial charge in [0.15, 0.2) is 5.82 Å². The molecule has 2 heterocycles. The van der Waals surface area contributed by atoms with Crippen molar-refractivity contribution in [3.63, 3.8) is 0 Å². The fourth-order valence-electron chi connectivity index (χ4n) is 2.81. The summed E-state index contributed by atoms with van der Waals surface area (Å²) in [6, 6.07) is 13.6. The molecule has 3 rings (SSSR count). The number of carbonyl (C=O) groups is 2. The van der Waals surface area contributed by atoms with Crippen LogP contribution in [0.25, 0.3) is 0 Å². The van der Waals surface area contributed by atoms with E-state index in [4.69, 9.17) is 4.52 Å². The topological polar surface area (TPSA) is 100 Å². The van der Waals surface area contributed by atoms with Gasteiger partial charge in [-0.05, 0) is 47.6 Å². The number of hydrogen-bond acceptors (Lipinski definition) is 6. The van der Waals surface area contributed by atoms with E-state index < -0.39 is 6.04 Å². The second kappa shape index (κ2) is 9.44. The summed E-state index contributed by atoms with van der Waals surface area (Å²) >= 11 is 3.30. The summed E-state index contributed by atoms with van der Waals surface area (Å²) in [5, 5.41) is 9.26. The summed E-state index contributed by atoms with van der Waals surface area (Å²) < 4.78 is 5.81. The third-order valence-corrected chi connectivity index (χ3v) is 4.54. The van der Waals surface area contributed by atoms with Crippen molar-refractivity contribution in [2.24, 2.45) is 0 Å². The summed E-state index contributed by atoms with van der Waals surface area (Å²) in [5.74, 6) is 0.747. The van der Waals surface area contributed by atoms with Gasteiger partial charge in [-0.3, -0.25) is 14.5 Å². The Morgan fingerprint density at radius 3 is 2.52 bits per heavy atom. The molecular weight excluding hydrogens is 438 g/mol. The molecule has 150 valence electrons. The molecular formula is C20H20BrN5O3. The minimum absolute atomic E-state index is 0.0113. The molecule has 1 unspecified atom stereocenters. The molecule has 1 atom stereocenters. The summed E-state index contributed by atoms with van der Waals surface area (Å²) in [4.78, 5) is 31.2. The molecule has 2 amide bonds. The van der Waals surface area contributed by atoms with E-state index >= 15 is 0 Å². The van der Waals surface area contributed by atoms with Gasteiger partial charge >= 0.3 is 0 Å². The highest BCUT2D eigenvalue weighted by atomic mass is 79.9. The highest BCUT2D eigenvalue weighted by Gasteiger charge is 2.27. The Bertz CT molecular complexity index is 975. The van der Waals surface area contributed by atoms with Crippen molar-refractivity contribution in [2.45, 2.75) is 13.0 Å². The maximum atomic E-state index is 13.0. The lowest BCUT2D eigenvalue weighted by Gasteiger charge is -2.26. The quantitative estimate of drug-likeness (QED) is 0.563. The van der Waals surface area contributed by atoms with Crippen molar-refractivity contribution < 1.29 is 14.1 Å². The smallest absolute Gasteiger partial charge is 0.247 e. The lowest BCUT2D eigenvalue weighted by Crippen LogP contribution is -2.39. The van der Waals surface area contributed by atoms with Gasteiger partial charge in [-0.2, -0.15) is 0 Å². The van der Waals surface area contributed by atoms with Crippen LogP contribution in [0.5, 0.6) is 0 Å². The van der Waals surface area contributed by atoms with Crippen LogP contribution in [0.4, 0.5) is 11.6 Å². The number of anilines is 2. The zero-order valence-corrected chi connectivity index (χ0v) is 17.5. The molecule has 9 heteroatoms.